The van der Waals surface area contributed by atoms with E-state index in [1.165, 1.54) is 0 Å². The summed E-state index contributed by atoms with van der Waals surface area (Å²) in [5.74, 6) is -2.67. The fourth-order valence-electron chi connectivity index (χ4n) is 4.87. The van der Waals surface area contributed by atoms with Crippen LogP contribution >= 0.6 is 0 Å². The second-order valence-corrected chi connectivity index (χ2v) is 11.6. The van der Waals surface area contributed by atoms with Gasteiger partial charge in [-0.15, -0.1) is 0 Å². The SMILES string of the molecule is CC(C)(C)OC(=O)N[C@@H](Cc1c[nH]c2ccccc12)C(=O)N[C@@H](Cc1ccc2ccccc2c1)C(=O)N[C@H](C=O)CC(=O)O. The zero-order valence-corrected chi connectivity index (χ0v) is 24.8. The van der Waals surface area contributed by atoms with Gasteiger partial charge in [0.25, 0.3) is 0 Å². The Balaban J connectivity index is 1.62. The lowest BCUT2D eigenvalue weighted by molar-refractivity contribution is -0.139. The Hall–Kier alpha value is -5.19. The highest BCUT2D eigenvalue weighted by molar-refractivity contribution is 5.94. The van der Waals surface area contributed by atoms with E-state index >= 15 is 0 Å². The van der Waals surface area contributed by atoms with Crippen LogP contribution in [0.15, 0.2) is 72.9 Å². The number of hydrogen-bond donors (Lipinski definition) is 5. The van der Waals surface area contributed by atoms with Gasteiger partial charge in [0.1, 0.15) is 24.0 Å². The number of carbonyl (C=O) groups is 5. The van der Waals surface area contributed by atoms with Gasteiger partial charge in [-0.05, 0) is 48.7 Å². The number of rotatable bonds is 12. The molecular weight excluding hydrogens is 564 g/mol. The van der Waals surface area contributed by atoms with Crippen molar-refractivity contribution < 1.29 is 33.8 Å². The van der Waals surface area contributed by atoms with E-state index < -0.39 is 54.0 Å². The van der Waals surface area contributed by atoms with Crippen molar-refractivity contribution in [2.24, 2.45) is 0 Å². The Morgan fingerprint density at radius 2 is 1.52 bits per heavy atom. The molecule has 0 spiro atoms. The number of aromatic amines is 1. The zero-order valence-electron chi connectivity index (χ0n) is 24.8. The maximum absolute atomic E-state index is 13.8. The van der Waals surface area contributed by atoms with Crippen LogP contribution in [0.3, 0.4) is 0 Å². The molecule has 5 N–H and O–H groups in total. The highest BCUT2D eigenvalue weighted by Gasteiger charge is 2.30. The minimum absolute atomic E-state index is 0.0350. The van der Waals surface area contributed by atoms with Gasteiger partial charge < -0.3 is 35.6 Å². The smallest absolute Gasteiger partial charge is 0.408 e. The van der Waals surface area contributed by atoms with Crippen molar-refractivity contribution in [1.82, 2.24) is 20.9 Å². The number of carboxylic acids is 1. The Labute approximate surface area is 254 Å². The number of alkyl carbamates (subject to hydrolysis) is 1. The number of aromatic nitrogens is 1. The third-order valence-electron chi connectivity index (χ3n) is 6.88. The van der Waals surface area contributed by atoms with E-state index in [-0.39, 0.29) is 12.8 Å². The lowest BCUT2D eigenvalue weighted by Crippen LogP contribution is -2.56. The van der Waals surface area contributed by atoms with Crippen LogP contribution in [-0.2, 0) is 36.8 Å². The lowest BCUT2D eigenvalue weighted by Gasteiger charge is -2.26. The summed E-state index contributed by atoms with van der Waals surface area (Å²) in [7, 11) is 0. The molecule has 0 fully saturated rings. The molecule has 1 aromatic heterocycles. The van der Waals surface area contributed by atoms with Crippen LogP contribution in [0.25, 0.3) is 21.7 Å². The van der Waals surface area contributed by atoms with Crippen LogP contribution in [0.5, 0.6) is 0 Å². The van der Waals surface area contributed by atoms with E-state index in [0.717, 1.165) is 32.8 Å². The number of para-hydroxylation sites is 1. The monoisotopic (exact) mass is 600 g/mol. The molecular formula is C33H36N4O7. The Morgan fingerprint density at radius 1 is 0.864 bits per heavy atom. The summed E-state index contributed by atoms with van der Waals surface area (Å²) in [6.07, 6.45) is 0.778. The molecule has 0 saturated carbocycles. The summed E-state index contributed by atoms with van der Waals surface area (Å²) in [5, 5.41) is 19.7. The van der Waals surface area contributed by atoms with Crippen molar-refractivity contribution in [3.05, 3.63) is 84.1 Å². The average Bonchev–Trinajstić information content (AvgIpc) is 3.37. The standard InChI is InChI=1S/C33H36N4O7/c1-33(2,3)44-32(43)37-28(16-23-18-34-26-11-7-6-10-25(23)26)31(42)36-27(30(41)35-24(19-38)17-29(39)40)15-20-12-13-21-8-4-5-9-22(21)14-20/h4-14,18-19,24,27-28,34H,15-17H2,1-3H3,(H,35,41)(H,36,42)(H,37,43)(H,39,40)/t24-,27-,28-/m0/s1. The van der Waals surface area contributed by atoms with Gasteiger partial charge in [-0.25, -0.2) is 4.79 Å². The molecule has 44 heavy (non-hydrogen) atoms. The average molecular weight is 601 g/mol. The van der Waals surface area contributed by atoms with Crippen molar-refractivity contribution in [3.8, 4) is 0 Å². The van der Waals surface area contributed by atoms with Gasteiger partial charge in [0.2, 0.25) is 11.8 Å². The molecule has 3 aromatic carbocycles. The minimum Gasteiger partial charge on any atom is -0.481 e. The normalized spacial score (nSPS) is 13.4. The van der Waals surface area contributed by atoms with E-state index in [2.05, 4.69) is 20.9 Å². The highest BCUT2D eigenvalue weighted by atomic mass is 16.6. The molecule has 230 valence electrons. The van der Waals surface area contributed by atoms with Crippen molar-refractivity contribution >= 4 is 51.8 Å². The first-order valence-corrected chi connectivity index (χ1v) is 14.2. The Kier molecular flexibility index (Phi) is 9.99. The van der Waals surface area contributed by atoms with Gasteiger partial charge in [0, 0.05) is 29.9 Å². The summed E-state index contributed by atoms with van der Waals surface area (Å²) in [6, 6.07) is 17.1. The van der Waals surface area contributed by atoms with Crippen molar-refractivity contribution in [2.75, 3.05) is 0 Å². The molecule has 3 amide bonds. The summed E-state index contributed by atoms with van der Waals surface area (Å²) in [5.41, 5.74) is 1.51. The number of nitrogens with one attached hydrogen (secondary N) is 4. The number of ether oxygens (including phenoxy) is 1. The largest absolute Gasteiger partial charge is 0.481 e. The summed E-state index contributed by atoms with van der Waals surface area (Å²) < 4.78 is 5.41. The highest BCUT2D eigenvalue weighted by Crippen LogP contribution is 2.20. The van der Waals surface area contributed by atoms with Crippen LogP contribution in [0.4, 0.5) is 4.79 Å². The van der Waals surface area contributed by atoms with Gasteiger partial charge in [-0.2, -0.15) is 0 Å². The quantitative estimate of drug-likeness (QED) is 0.155. The molecule has 0 aliphatic carbocycles. The topological polar surface area (TPSA) is 167 Å². The van der Waals surface area contributed by atoms with Crippen molar-refractivity contribution in [2.45, 2.75) is 63.8 Å². The van der Waals surface area contributed by atoms with Gasteiger partial charge in [0.05, 0.1) is 12.5 Å². The summed E-state index contributed by atoms with van der Waals surface area (Å²) in [4.78, 5) is 65.9. The number of aliphatic carboxylic acids is 1. The fraction of sp³-hybridized carbons (Fsp3) is 0.303. The molecule has 4 aromatic rings. The molecule has 11 nitrogen and oxygen atoms in total. The Morgan fingerprint density at radius 3 is 2.23 bits per heavy atom. The van der Waals surface area contributed by atoms with Crippen LogP contribution < -0.4 is 16.0 Å². The molecule has 0 aliphatic heterocycles. The van der Waals surface area contributed by atoms with Crippen LogP contribution in [0.2, 0.25) is 0 Å². The minimum atomic E-state index is -1.29. The number of carboxylic acid groups (broad SMARTS) is 1. The second-order valence-electron chi connectivity index (χ2n) is 11.6. The molecule has 0 saturated heterocycles. The van der Waals surface area contributed by atoms with Crippen molar-refractivity contribution in [3.63, 3.8) is 0 Å². The first-order chi connectivity index (χ1) is 20.9. The molecule has 0 radical (unpaired) electrons. The van der Waals surface area contributed by atoms with Crippen LogP contribution in [0.1, 0.15) is 38.3 Å². The van der Waals surface area contributed by atoms with E-state index in [9.17, 15) is 24.0 Å². The van der Waals surface area contributed by atoms with Crippen LogP contribution in [0, 0.1) is 0 Å². The van der Waals surface area contributed by atoms with E-state index in [1.54, 1.807) is 27.0 Å². The molecule has 11 heteroatoms. The fourth-order valence-corrected chi connectivity index (χ4v) is 4.87. The van der Waals surface area contributed by atoms with E-state index in [1.807, 2.05) is 66.7 Å². The van der Waals surface area contributed by atoms with Crippen molar-refractivity contribution in [1.29, 1.82) is 0 Å². The molecule has 0 aliphatic rings. The summed E-state index contributed by atoms with van der Waals surface area (Å²) >= 11 is 0. The second kappa shape index (κ2) is 13.9. The maximum Gasteiger partial charge on any atom is 0.408 e. The number of amides is 3. The van der Waals surface area contributed by atoms with Gasteiger partial charge in [-0.3, -0.25) is 14.4 Å². The number of fused-ring (bicyclic) bond motifs is 2. The number of carbonyl (C=O) groups excluding carboxylic acids is 4. The predicted molar refractivity (Wildman–Crippen MR) is 165 cm³/mol. The van der Waals surface area contributed by atoms with Gasteiger partial charge in [-0.1, -0.05) is 60.7 Å². The predicted octanol–water partition coefficient (Wildman–Crippen LogP) is 3.64. The van der Waals surface area contributed by atoms with Crippen LogP contribution in [-0.4, -0.2) is 64.0 Å². The van der Waals surface area contributed by atoms with E-state index in [4.69, 9.17) is 9.84 Å². The third kappa shape index (κ3) is 8.66. The first-order valence-electron chi connectivity index (χ1n) is 14.2. The molecule has 1 heterocycles. The zero-order chi connectivity index (χ0) is 31.9. The molecule has 0 bridgehead atoms. The maximum atomic E-state index is 13.8. The number of H-pyrrole nitrogens is 1. The summed E-state index contributed by atoms with van der Waals surface area (Å²) in [6.45, 7) is 5.10. The van der Waals surface area contributed by atoms with Gasteiger partial charge >= 0.3 is 12.1 Å². The number of hydrogen-bond acceptors (Lipinski definition) is 6. The number of benzene rings is 3. The molecule has 3 atom stereocenters. The molecule has 4 rings (SSSR count). The Bertz CT molecular complexity index is 1670. The third-order valence-corrected chi connectivity index (χ3v) is 6.88. The van der Waals surface area contributed by atoms with Gasteiger partial charge in [0.15, 0.2) is 0 Å². The van der Waals surface area contributed by atoms with E-state index in [0.29, 0.717) is 6.29 Å². The lowest BCUT2D eigenvalue weighted by atomic mass is 9.99. The number of aldehydes is 1. The first kappa shape index (κ1) is 31.7. The molecule has 0 unspecified atom stereocenters.